The molecule has 124 valence electrons. The number of carbonyl (C=O) groups excluding carboxylic acids is 1. The molecule has 3 rings (SSSR count). The predicted octanol–water partition coefficient (Wildman–Crippen LogP) is 3.13. The van der Waals surface area contributed by atoms with E-state index in [0.29, 0.717) is 13.0 Å². The molecule has 1 unspecified atom stereocenters. The molecule has 0 saturated carbocycles. The van der Waals surface area contributed by atoms with Gasteiger partial charge in [0.2, 0.25) is 5.91 Å². The minimum Gasteiger partial charge on any atom is -0.361 e. The van der Waals surface area contributed by atoms with Gasteiger partial charge in [-0.1, -0.05) is 48.5 Å². The van der Waals surface area contributed by atoms with Crippen LogP contribution in [0.5, 0.6) is 0 Å². The number of para-hydroxylation sites is 1. The number of rotatable bonds is 6. The molecule has 2 aromatic carbocycles. The van der Waals surface area contributed by atoms with Gasteiger partial charge in [0.05, 0.1) is 12.5 Å². The van der Waals surface area contributed by atoms with Crippen LogP contribution in [0.1, 0.15) is 17.2 Å². The summed E-state index contributed by atoms with van der Waals surface area (Å²) in [6.07, 6.45) is 2.31. The van der Waals surface area contributed by atoms with Gasteiger partial charge in [-0.2, -0.15) is 0 Å². The first-order valence-electron chi connectivity index (χ1n) is 8.18. The van der Waals surface area contributed by atoms with Gasteiger partial charge in [-0.15, -0.1) is 0 Å². The number of hydrogen-bond acceptors (Lipinski definition) is 2. The highest BCUT2D eigenvalue weighted by Crippen LogP contribution is 2.19. The van der Waals surface area contributed by atoms with E-state index >= 15 is 0 Å². The minimum absolute atomic E-state index is 0.0440. The molecule has 1 heterocycles. The zero-order chi connectivity index (χ0) is 16.9. The molecule has 0 aliphatic heterocycles. The first-order chi connectivity index (χ1) is 11.6. The molecular weight excluding hydrogens is 298 g/mol. The second-order valence-electron chi connectivity index (χ2n) is 6.23. The molecule has 4 heteroatoms. The molecule has 0 radical (unpaired) electrons. The summed E-state index contributed by atoms with van der Waals surface area (Å²) in [5.41, 5.74) is 3.30. The second-order valence-corrected chi connectivity index (χ2v) is 6.23. The number of amides is 1. The molecule has 1 atom stereocenters. The van der Waals surface area contributed by atoms with Crippen molar-refractivity contribution in [3.05, 3.63) is 71.9 Å². The van der Waals surface area contributed by atoms with Crippen molar-refractivity contribution in [1.82, 2.24) is 15.2 Å². The Morgan fingerprint density at radius 3 is 2.54 bits per heavy atom. The van der Waals surface area contributed by atoms with E-state index in [4.69, 9.17) is 0 Å². The molecule has 0 aliphatic rings. The smallest absolute Gasteiger partial charge is 0.224 e. The lowest BCUT2D eigenvalue weighted by Crippen LogP contribution is -2.35. The Kier molecular flexibility index (Phi) is 4.96. The van der Waals surface area contributed by atoms with Crippen molar-refractivity contribution in [3.63, 3.8) is 0 Å². The Morgan fingerprint density at radius 1 is 1.08 bits per heavy atom. The molecule has 3 aromatic rings. The van der Waals surface area contributed by atoms with Gasteiger partial charge >= 0.3 is 0 Å². The number of likely N-dealkylation sites (N-methyl/N-ethyl adjacent to an activating group) is 1. The molecule has 0 saturated heterocycles. The first kappa shape index (κ1) is 16.3. The van der Waals surface area contributed by atoms with Crippen LogP contribution in [0.3, 0.4) is 0 Å². The molecule has 0 aliphatic carbocycles. The van der Waals surface area contributed by atoms with Crippen LogP contribution in [0.25, 0.3) is 10.9 Å². The number of nitrogens with one attached hydrogen (secondary N) is 2. The van der Waals surface area contributed by atoms with Gasteiger partial charge in [-0.25, -0.2) is 0 Å². The SMILES string of the molecule is CN(C)C(CNC(=O)Cc1c[nH]c2ccccc12)c1ccccc1. The van der Waals surface area contributed by atoms with Gasteiger partial charge in [0.15, 0.2) is 0 Å². The summed E-state index contributed by atoms with van der Waals surface area (Å²) in [7, 11) is 4.06. The summed E-state index contributed by atoms with van der Waals surface area (Å²) >= 11 is 0. The Bertz CT molecular complexity index is 808. The molecule has 1 amide bonds. The molecule has 0 spiro atoms. The second kappa shape index (κ2) is 7.32. The highest BCUT2D eigenvalue weighted by Gasteiger charge is 2.15. The zero-order valence-corrected chi connectivity index (χ0v) is 14.1. The normalized spacial score (nSPS) is 12.5. The van der Waals surface area contributed by atoms with Gasteiger partial charge in [0.25, 0.3) is 0 Å². The minimum atomic E-state index is 0.0440. The van der Waals surface area contributed by atoms with Crippen LogP contribution in [-0.2, 0) is 11.2 Å². The Morgan fingerprint density at radius 2 is 1.79 bits per heavy atom. The van der Waals surface area contributed by atoms with E-state index < -0.39 is 0 Å². The number of nitrogens with zero attached hydrogens (tertiary/aromatic N) is 1. The van der Waals surface area contributed by atoms with Crippen LogP contribution in [-0.4, -0.2) is 36.4 Å². The van der Waals surface area contributed by atoms with Crippen molar-refractivity contribution in [3.8, 4) is 0 Å². The van der Waals surface area contributed by atoms with Gasteiger partial charge in [0.1, 0.15) is 0 Å². The van der Waals surface area contributed by atoms with Crippen molar-refractivity contribution in [2.24, 2.45) is 0 Å². The lowest BCUT2D eigenvalue weighted by atomic mass is 10.1. The Hall–Kier alpha value is -2.59. The molecule has 0 bridgehead atoms. The molecular formula is C20H23N3O. The number of aromatic amines is 1. The molecule has 4 nitrogen and oxygen atoms in total. The molecule has 24 heavy (non-hydrogen) atoms. The topological polar surface area (TPSA) is 48.1 Å². The Labute approximate surface area is 142 Å². The number of hydrogen-bond donors (Lipinski definition) is 2. The number of carbonyl (C=O) groups is 1. The number of benzene rings is 2. The van der Waals surface area contributed by atoms with E-state index in [-0.39, 0.29) is 11.9 Å². The summed E-state index contributed by atoms with van der Waals surface area (Å²) in [4.78, 5) is 17.7. The average Bonchev–Trinajstić information content (AvgIpc) is 2.99. The Balaban J connectivity index is 1.64. The van der Waals surface area contributed by atoms with E-state index in [9.17, 15) is 4.79 Å². The van der Waals surface area contributed by atoms with Gasteiger partial charge < -0.3 is 15.2 Å². The van der Waals surface area contributed by atoms with Crippen molar-refractivity contribution in [2.75, 3.05) is 20.6 Å². The third-order valence-electron chi connectivity index (χ3n) is 4.33. The predicted molar refractivity (Wildman–Crippen MR) is 97.9 cm³/mol. The van der Waals surface area contributed by atoms with Crippen molar-refractivity contribution in [1.29, 1.82) is 0 Å². The number of fused-ring (bicyclic) bond motifs is 1. The lowest BCUT2D eigenvalue weighted by molar-refractivity contribution is -0.120. The third-order valence-corrected chi connectivity index (χ3v) is 4.33. The van der Waals surface area contributed by atoms with Crippen molar-refractivity contribution in [2.45, 2.75) is 12.5 Å². The highest BCUT2D eigenvalue weighted by atomic mass is 16.1. The fourth-order valence-electron chi connectivity index (χ4n) is 3.00. The molecule has 1 aromatic heterocycles. The summed E-state index contributed by atoms with van der Waals surface area (Å²) in [6, 6.07) is 18.5. The summed E-state index contributed by atoms with van der Waals surface area (Å²) in [6.45, 7) is 0.595. The van der Waals surface area contributed by atoms with E-state index in [2.05, 4.69) is 27.3 Å². The van der Waals surface area contributed by atoms with Crippen LogP contribution >= 0.6 is 0 Å². The standard InChI is InChI=1S/C20H23N3O/c1-23(2)19(15-8-4-3-5-9-15)14-22-20(24)12-16-13-21-18-11-7-6-10-17(16)18/h3-11,13,19,21H,12,14H2,1-2H3,(H,22,24). The van der Waals surface area contributed by atoms with Crippen LogP contribution in [0.15, 0.2) is 60.8 Å². The fraction of sp³-hybridized carbons (Fsp3) is 0.250. The number of H-pyrrole nitrogens is 1. The van der Waals surface area contributed by atoms with Crippen molar-refractivity contribution < 1.29 is 4.79 Å². The molecule has 2 N–H and O–H groups in total. The van der Waals surface area contributed by atoms with Crippen LogP contribution in [0, 0.1) is 0 Å². The van der Waals surface area contributed by atoms with Gasteiger partial charge in [-0.05, 0) is 31.3 Å². The lowest BCUT2D eigenvalue weighted by Gasteiger charge is -2.25. The zero-order valence-electron chi connectivity index (χ0n) is 14.1. The average molecular weight is 321 g/mol. The van der Waals surface area contributed by atoms with Crippen LogP contribution in [0.4, 0.5) is 0 Å². The van der Waals surface area contributed by atoms with Crippen LogP contribution in [0.2, 0.25) is 0 Å². The largest absolute Gasteiger partial charge is 0.361 e. The van der Waals surface area contributed by atoms with E-state index in [1.807, 2.05) is 62.8 Å². The number of aromatic nitrogens is 1. The quantitative estimate of drug-likeness (QED) is 0.733. The third kappa shape index (κ3) is 3.66. The maximum absolute atomic E-state index is 12.4. The highest BCUT2D eigenvalue weighted by molar-refractivity contribution is 5.88. The maximum Gasteiger partial charge on any atom is 0.224 e. The van der Waals surface area contributed by atoms with E-state index in [1.165, 1.54) is 5.56 Å². The maximum atomic E-state index is 12.4. The fourth-order valence-corrected chi connectivity index (χ4v) is 3.00. The van der Waals surface area contributed by atoms with Gasteiger partial charge in [-0.3, -0.25) is 4.79 Å². The summed E-state index contributed by atoms with van der Waals surface area (Å²) < 4.78 is 0. The van der Waals surface area contributed by atoms with E-state index in [1.54, 1.807) is 0 Å². The monoisotopic (exact) mass is 321 g/mol. The summed E-state index contributed by atoms with van der Waals surface area (Å²) in [5.74, 6) is 0.0440. The van der Waals surface area contributed by atoms with E-state index in [0.717, 1.165) is 16.5 Å². The van der Waals surface area contributed by atoms with Crippen LogP contribution < -0.4 is 5.32 Å². The molecule has 0 fully saturated rings. The summed E-state index contributed by atoms with van der Waals surface area (Å²) in [5, 5.41) is 4.18. The van der Waals surface area contributed by atoms with Crippen molar-refractivity contribution >= 4 is 16.8 Å². The van der Waals surface area contributed by atoms with Gasteiger partial charge in [0, 0.05) is 23.6 Å². The first-order valence-corrected chi connectivity index (χ1v) is 8.18.